The van der Waals surface area contributed by atoms with Gasteiger partial charge in [0.15, 0.2) is 15.6 Å². The maximum Gasteiger partial charge on any atom is 0.193 e. The lowest BCUT2D eigenvalue weighted by molar-refractivity contribution is -0.130. The lowest BCUT2D eigenvalue weighted by Gasteiger charge is -2.33. The van der Waals surface area contributed by atoms with Crippen LogP contribution >= 0.6 is 11.3 Å². The summed E-state index contributed by atoms with van der Waals surface area (Å²) in [5.74, 6) is 0.0106. The number of ketones is 1. The van der Waals surface area contributed by atoms with E-state index in [0.29, 0.717) is 5.57 Å². The minimum atomic E-state index is -3.30. The van der Waals surface area contributed by atoms with Gasteiger partial charge >= 0.3 is 0 Å². The van der Waals surface area contributed by atoms with E-state index in [1.54, 1.807) is 25.2 Å². The van der Waals surface area contributed by atoms with Crippen LogP contribution in [0.3, 0.4) is 0 Å². The molecular formula is C15H18O3S2. The van der Waals surface area contributed by atoms with Gasteiger partial charge in [-0.2, -0.15) is 11.3 Å². The van der Waals surface area contributed by atoms with Crippen molar-refractivity contribution in [2.45, 2.75) is 33.1 Å². The van der Waals surface area contributed by atoms with Gasteiger partial charge in [0.2, 0.25) is 0 Å². The van der Waals surface area contributed by atoms with Gasteiger partial charge in [0.25, 0.3) is 0 Å². The first-order chi connectivity index (χ1) is 9.07. The van der Waals surface area contributed by atoms with Crippen molar-refractivity contribution in [3.05, 3.63) is 44.9 Å². The average Bonchev–Trinajstić information content (AvgIpc) is 2.97. The van der Waals surface area contributed by atoms with Crippen LogP contribution in [0.4, 0.5) is 0 Å². The van der Waals surface area contributed by atoms with Gasteiger partial charge in [-0.05, 0) is 61.7 Å². The van der Waals surface area contributed by atoms with Crippen LogP contribution in [0.25, 0.3) is 0 Å². The molecule has 5 heteroatoms. The standard InChI is InChI=1S/C15H18O3S2/c1-14(2,11-5-7-19-9-11)13(16)15(3,4)12-6-8-20(17,18)10-12/h5-10H,1-4H3. The molecule has 20 heavy (non-hydrogen) atoms. The van der Waals surface area contributed by atoms with E-state index in [9.17, 15) is 13.2 Å². The van der Waals surface area contributed by atoms with Gasteiger partial charge in [-0.15, -0.1) is 0 Å². The molecule has 1 aliphatic rings. The Labute approximate surface area is 123 Å². The number of hydrogen-bond donors (Lipinski definition) is 0. The van der Waals surface area contributed by atoms with Crippen molar-refractivity contribution in [1.82, 2.24) is 0 Å². The molecule has 0 bridgehead atoms. The summed E-state index contributed by atoms with van der Waals surface area (Å²) < 4.78 is 23.0. The molecular weight excluding hydrogens is 292 g/mol. The van der Waals surface area contributed by atoms with Crippen LogP contribution in [0.15, 0.2) is 39.3 Å². The maximum atomic E-state index is 12.9. The van der Waals surface area contributed by atoms with Crippen LogP contribution in [0.5, 0.6) is 0 Å². The van der Waals surface area contributed by atoms with E-state index in [1.807, 2.05) is 30.7 Å². The number of hydrogen-bond acceptors (Lipinski definition) is 4. The largest absolute Gasteiger partial charge is 0.298 e. The molecule has 3 nitrogen and oxygen atoms in total. The van der Waals surface area contributed by atoms with Crippen molar-refractivity contribution in [2.75, 3.05) is 0 Å². The summed E-state index contributed by atoms with van der Waals surface area (Å²) in [7, 11) is -3.30. The van der Waals surface area contributed by atoms with Gasteiger partial charge < -0.3 is 0 Å². The monoisotopic (exact) mass is 310 g/mol. The molecule has 0 N–H and O–H groups in total. The van der Waals surface area contributed by atoms with Crippen molar-refractivity contribution in [3.63, 3.8) is 0 Å². The number of carbonyl (C=O) groups excluding carboxylic acids is 1. The summed E-state index contributed by atoms with van der Waals surface area (Å²) in [5.41, 5.74) is 0.0209. The number of allylic oxidation sites excluding steroid dienone is 2. The molecule has 2 rings (SSSR count). The lowest BCUT2D eigenvalue weighted by Crippen LogP contribution is -2.40. The highest BCUT2D eigenvalue weighted by Crippen LogP contribution is 2.40. The number of Topliss-reactive ketones (excluding diaryl/α,β-unsaturated/α-hetero) is 1. The summed E-state index contributed by atoms with van der Waals surface area (Å²) >= 11 is 1.55. The molecule has 0 aliphatic carbocycles. The zero-order valence-electron chi connectivity index (χ0n) is 12.0. The number of thiophene rings is 1. The molecule has 0 radical (unpaired) electrons. The highest BCUT2D eigenvalue weighted by molar-refractivity contribution is 7.97. The van der Waals surface area contributed by atoms with Gasteiger partial charge in [-0.25, -0.2) is 8.42 Å². The van der Waals surface area contributed by atoms with Crippen molar-refractivity contribution >= 4 is 27.0 Å². The average molecular weight is 310 g/mol. The van der Waals surface area contributed by atoms with Gasteiger partial charge in [-0.3, -0.25) is 4.79 Å². The summed E-state index contributed by atoms with van der Waals surface area (Å²) in [6.07, 6.45) is 1.52. The molecule has 1 aromatic rings. The van der Waals surface area contributed by atoms with Crippen LogP contribution in [0, 0.1) is 5.41 Å². The molecule has 0 aromatic carbocycles. The molecule has 108 valence electrons. The highest BCUT2D eigenvalue weighted by atomic mass is 32.2. The van der Waals surface area contributed by atoms with E-state index in [0.717, 1.165) is 11.0 Å². The third-order valence-electron chi connectivity index (χ3n) is 3.83. The Kier molecular flexibility index (Phi) is 3.55. The number of sulfone groups is 1. The molecule has 2 heterocycles. The third kappa shape index (κ3) is 2.52. The van der Waals surface area contributed by atoms with Crippen LogP contribution in [0.1, 0.15) is 33.3 Å². The zero-order valence-corrected chi connectivity index (χ0v) is 13.6. The molecule has 0 saturated carbocycles. The van der Waals surface area contributed by atoms with E-state index in [-0.39, 0.29) is 5.78 Å². The molecule has 0 atom stereocenters. The van der Waals surface area contributed by atoms with Gasteiger partial charge in [0, 0.05) is 21.6 Å². The number of rotatable bonds is 4. The first-order valence-electron chi connectivity index (χ1n) is 6.30. The molecule has 1 aliphatic heterocycles. The van der Waals surface area contributed by atoms with Crippen molar-refractivity contribution in [1.29, 1.82) is 0 Å². The van der Waals surface area contributed by atoms with Crippen molar-refractivity contribution in [3.8, 4) is 0 Å². The van der Waals surface area contributed by atoms with E-state index in [4.69, 9.17) is 0 Å². The fourth-order valence-electron chi connectivity index (χ4n) is 2.44. The molecule has 0 saturated heterocycles. The lowest BCUT2D eigenvalue weighted by atomic mass is 9.68. The zero-order chi connectivity index (χ0) is 15.2. The Morgan fingerprint density at radius 2 is 1.80 bits per heavy atom. The van der Waals surface area contributed by atoms with Gasteiger partial charge in [0.05, 0.1) is 0 Å². The third-order valence-corrected chi connectivity index (χ3v) is 5.61. The maximum absolute atomic E-state index is 12.9. The quantitative estimate of drug-likeness (QED) is 0.856. The summed E-state index contributed by atoms with van der Waals surface area (Å²) in [4.78, 5) is 12.9. The van der Waals surface area contributed by atoms with E-state index in [1.165, 1.54) is 11.5 Å². The van der Waals surface area contributed by atoms with Crippen molar-refractivity contribution in [2.24, 2.45) is 5.41 Å². The minimum Gasteiger partial charge on any atom is -0.298 e. The SMILES string of the molecule is CC(C)(C(=O)C(C)(C)c1ccsc1)C1=CS(=O)(=O)C=C1. The predicted octanol–water partition coefficient (Wildman–Crippen LogP) is 3.45. The molecule has 0 amide bonds. The van der Waals surface area contributed by atoms with Gasteiger partial charge in [-0.1, -0.05) is 0 Å². The molecule has 0 fully saturated rings. The molecule has 0 unspecified atom stereocenters. The summed E-state index contributed by atoms with van der Waals surface area (Å²) in [6, 6.07) is 1.94. The second-order valence-electron chi connectivity index (χ2n) is 6.06. The smallest absolute Gasteiger partial charge is 0.193 e. The van der Waals surface area contributed by atoms with E-state index in [2.05, 4.69) is 0 Å². The Morgan fingerprint density at radius 1 is 1.15 bits per heavy atom. The Balaban J connectivity index is 2.41. The number of carbonyl (C=O) groups is 1. The molecule has 0 spiro atoms. The Morgan fingerprint density at radius 3 is 2.25 bits per heavy atom. The van der Waals surface area contributed by atoms with Crippen molar-refractivity contribution < 1.29 is 13.2 Å². The molecule has 1 aromatic heterocycles. The fraction of sp³-hybridized carbons (Fsp3) is 0.400. The normalized spacial score (nSPS) is 18.1. The topological polar surface area (TPSA) is 51.2 Å². The van der Waals surface area contributed by atoms with Crippen LogP contribution in [0.2, 0.25) is 0 Å². The summed E-state index contributed by atoms with van der Waals surface area (Å²) in [6.45, 7) is 7.32. The van der Waals surface area contributed by atoms with Crippen LogP contribution in [-0.2, 0) is 20.0 Å². The van der Waals surface area contributed by atoms with Crippen LogP contribution in [-0.4, -0.2) is 14.2 Å². The second-order valence-corrected chi connectivity index (χ2v) is 8.52. The van der Waals surface area contributed by atoms with Crippen LogP contribution < -0.4 is 0 Å². The van der Waals surface area contributed by atoms with Gasteiger partial charge in [0.1, 0.15) is 0 Å². The second kappa shape index (κ2) is 4.67. The van der Waals surface area contributed by atoms with E-state index >= 15 is 0 Å². The first-order valence-corrected chi connectivity index (χ1v) is 8.85. The highest BCUT2D eigenvalue weighted by Gasteiger charge is 2.43. The predicted molar refractivity (Wildman–Crippen MR) is 82.3 cm³/mol. The van der Waals surface area contributed by atoms with E-state index < -0.39 is 20.7 Å². The minimum absolute atomic E-state index is 0.0106. The summed E-state index contributed by atoms with van der Waals surface area (Å²) in [5, 5.41) is 6.24. The fourth-order valence-corrected chi connectivity index (χ4v) is 4.41. The Hall–Kier alpha value is -1.20. The Bertz CT molecular complexity index is 687. The first kappa shape index (κ1) is 15.2.